The van der Waals surface area contributed by atoms with Gasteiger partial charge in [0.25, 0.3) is 5.69 Å². The van der Waals surface area contributed by atoms with Gasteiger partial charge in [-0.05, 0) is 23.8 Å². The number of halogens is 2. The SMILES string of the molecule is O=C1OC(c2cccc([N+](=O)[O-])c2)=NC1=Cc1cccc(Cl)c1Cl. The lowest BCUT2D eigenvalue weighted by Gasteiger charge is -2.00. The van der Waals surface area contributed by atoms with E-state index in [-0.39, 0.29) is 17.3 Å². The number of ether oxygens (including phenoxy) is 1. The standard InChI is InChI=1S/C16H8Cl2N2O4/c17-12-6-2-3-9(14(12)18)8-13-16(21)24-15(19-13)10-4-1-5-11(7-10)20(22)23/h1-8H. The van der Waals surface area contributed by atoms with Gasteiger partial charge in [0.15, 0.2) is 5.70 Å². The molecule has 0 N–H and O–H groups in total. The molecule has 3 rings (SSSR count). The first-order valence-corrected chi connectivity index (χ1v) is 7.42. The number of rotatable bonds is 3. The minimum atomic E-state index is -0.674. The normalized spacial score (nSPS) is 15.3. The van der Waals surface area contributed by atoms with Crippen molar-refractivity contribution >= 4 is 46.8 Å². The van der Waals surface area contributed by atoms with E-state index in [0.29, 0.717) is 21.2 Å². The second-order valence-corrected chi connectivity index (χ2v) is 5.57. The zero-order valence-corrected chi connectivity index (χ0v) is 13.4. The van der Waals surface area contributed by atoms with Crippen LogP contribution < -0.4 is 0 Å². The van der Waals surface area contributed by atoms with Crippen LogP contribution in [-0.2, 0) is 9.53 Å². The van der Waals surface area contributed by atoms with Crippen LogP contribution in [0.5, 0.6) is 0 Å². The van der Waals surface area contributed by atoms with E-state index >= 15 is 0 Å². The number of hydrogen-bond acceptors (Lipinski definition) is 5. The van der Waals surface area contributed by atoms with Crippen molar-refractivity contribution < 1.29 is 14.5 Å². The summed E-state index contributed by atoms with van der Waals surface area (Å²) in [5.41, 5.74) is 0.750. The summed E-state index contributed by atoms with van der Waals surface area (Å²) in [5.74, 6) is -0.680. The highest BCUT2D eigenvalue weighted by Gasteiger charge is 2.25. The summed E-state index contributed by atoms with van der Waals surface area (Å²) >= 11 is 12.0. The zero-order valence-electron chi connectivity index (χ0n) is 11.9. The van der Waals surface area contributed by atoms with E-state index < -0.39 is 10.9 Å². The quantitative estimate of drug-likeness (QED) is 0.353. The van der Waals surface area contributed by atoms with E-state index in [4.69, 9.17) is 27.9 Å². The summed E-state index contributed by atoms with van der Waals surface area (Å²) < 4.78 is 5.08. The van der Waals surface area contributed by atoms with Crippen LogP contribution in [0.25, 0.3) is 6.08 Å². The largest absolute Gasteiger partial charge is 0.402 e. The van der Waals surface area contributed by atoms with Crippen molar-refractivity contribution in [2.24, 2.45) is 4.99 Å². The number of non-ortho nitro benzene ring substituents is 1. The molecule has 0 radical (unpaired) electrons. The highest BCUT2D eigenvalue weighted by molar-refractivity contribution is 6.43. The third-order valence-corrected chi connectivity index (χ3v) is 4.03. The van der Waals surface area contributed by atoms with Crippen molar-refractivity contribution in [3.05, 3.63) is 79.4 Å². The van der Waals surface area contributed by atoms with Gasteiger partial charge in [-0.25, -0.2) is 9.79 Å². The number of aliphatic imine (C=N–C) groups is 1. The van der Waals surface area contributed by atoms with E-state index in [2.05, 4.69) is 4.99 Å². The van der Waals surface area contributed by atoms with Crippen molar-refractivity contribution in [1.29, 1.82) is 0 Å². The molecule has 0 amide bonds. The van der Waals surface area contributed by atoms with Gasteiger partial charge < -0.3 is 4.74 Å². The second kappa shape index (κ2) is 6.43. The third kappa shape index (κ3) is 3.15. The minimum absolute atomic E-state index is 0.00639. The molecule has 0 fully saturated rings. The van der Waals surface area contributed by atoms with Gasteiger partial charge in [0, 0.05) is 17.7 Å². The van der Waals surface area contributed by atoms with Gasteiger partial charge in [-0.15, -0.1) is 0 Å². The molecule has 0 spiro atoms. The molecule has 0 atom stereocenters. The number of benzene rings is 2. The molecule has 24 heavy (non-hydrogen) atoms. The maximum atomic E-state index is 12.0. The fourth-order valence-electron chi connectivity index (χ4n) is 2.06. The number of nitro benzene ring substituents is 1. The van der Waals surface area contributed by atoms with Gasteiger partial charge in [0.05, 0.1) is 15.0 Å². The summed E-state index contributed by atoms with van der Waals surface area (Å²) in [4.78, 5) is 26.3. The number of nitrogens with zero attached hydrogens (tertiary/aromatic N) is 2. The monoisotopic (exact) mass is 362 g/mol. The molecule has 0 aromatic heterocycles. The van der Waals surface area contributed by atoms with Crippen LogP contribution in [0.2, 0.25) is 10.0 Å². The van der Waals surface area contributed by atoms with Crippen LogP contribution in [0.4, 0.5) is 5.69 Å². The molecular weight excluding hydrogens is 355 g/mol. The summed E-state index contributed by atoms with van der Waals surface area (Å²) in [5, 5.41) is 11.5. The fourth-order valence-corrected chi connectivity index (χ4v) is 2.43. The van der Waals surface area contributed by atoms with Crippen molar-refractivity contribution in [1.82, 2.24) is 0 Å². The molecule has 6 nitrogen and oxygen atoms in total. The fraction of sp³-hybridized carbons (Fsp3) is 0. The predicted molar refractivity (Wildman–Crippen MR) is 90.2 cm³/mol. The van der Waals surface area contributed by atoms with E-state index in [1.54, 1.807) is 24.3 Å². The van der Waals surface area contributed by atoms with E-state index in [0.717, 1.165) is 0 Å². The molecular formula is C16H8Cl2N2O4. The van der Waals surface area contributed by atoms with E-state index in [9.17, 15) is 14.9 Å². The first-order chi connectivity index (χ1) is 11.5. The van der Waals surface area contributed by atoms with Crippen molar-refractivity contribution in [3.63, 3.8) is 0 Å². The first kappa shape index (κ1) is 16.2. The molecule has 0 saturated heterocycles. The van der Waals surface area contributed by atoms with Crippen LogP contribution in [0.15, 0.2) is 53.2 Å². The molecule has 0 aliphatic carbocycles. The Hall–Kier alpha value is -2.70. The summed E-state index contributed by atoms with van der Waals surface area (Å²) in [6.45, 7) is 0. The number of esters is 1. The highest BCUT2D eigenvalue weighted by atomic mass is 35.5. The average Bonchev–Trinajstić information content (AvgIpc) is 2.93. The third-order valence-electron chi connectivity index (χ3n) is 3.20. The molecule has 1 aliphatic heterocycles. The molecule has 0 bridgehead atoms. The van der Waals surface area contributed by atoms with Crippen LogP contribution >= 0.6 is 23.2 Å². The Kier molecular flexibility index (Phi) is 4.33. The molecule has 120 valence electrons. The molecule has 2 aromatic carbocycles. The van der Waals surface area contributed by atoms with Crippen molar-refractivity contribution in [2.45, 2.75) is 0 Å². The number of cyclic esters (lactones) is 1. The number of nitro groups is 1. The average molecular weight is 363 g/mol. The Morgan fingerprint density at radius 2 is 1.92 bits per heavy atom. The maximum Gasteiger partial charge on any atom is 0.363 e. The van der Waals surface area contributed by atoms with Gasteiger partial charge in [-0.3, -0.25) is 10.1 Å². The number of hydrogen-bond donors (Lipinski definition) is 0. The Bertz CT molecular complexity index is 922. The Labute approximate surface area is 146 Å². The number of carbonyl (C=O) groups is 1. The van der Waals surface area contributed by atoms with Crippen LogP contribution in [0, 0.1) is 10.1 Å². The molecule has 8 heteroatoms. The minimum Gasteiger partial charge on any atom is -0.402 e. The van der Waals surface area contributed by atoms with Gasteiger partial charge >= 0.3 is 5.97 Å². The zero-order chi connectivity index (χ0) is 17.3. The lowest BCUT2D eigenvalue weighted by atomic mass is 10.2. The Morgan fingerprint density at radius 1 is 1.17 bits per heavy atom. The molecule has 0 unspecified atom stereocenters. The lowest BCUT2D eigenvalue weighted by Crippen LogP contribution is -2.05. The van der Waals surface area contributed by atoms with E-state index in [1.807, 2.05) is 0 Å². The van der Waals surface area contributed by atoms with Crippen LogP contribution in [-0.4, -0.2) is 16.8 Å². The lowest BCUT2D eigenvalue weighted by molar-refractivity contribution is -0.384. The molecule has 1 aliphatic rings. The summed E-state index contributed by atoms with van der Waals surface area (Å²) in [7, 11) is 0. The summed E-state index contributed by atoms with van der Waals surface area (Å²) in [6.07, 6.45) is 1.45. The van der Waals surface area contributed by atoms with E-state index in [1.165, 1.54) is 24.3 Å². The molecule has 0 saturated carbocycles. The number of carbonyl (C=O) groups excluding carboxylic acids is 1. The van der Waals surface area contributed by atoms with Crippen molar-refractivity contribution in [2.75, 3.05) is 0 Å². The summed E-state index contributed by atoms with van der Waals surface area (Å²) in [6, 6.07) is 10.6. The topological polar surface area (TPSA) is 81.8 Å². The van der Waals surface area contributed by atoms with Gasteiger partial charge in [-0.1, -0.05) is 41.4 Å². The second-order valence-electron chi connectivity index (χ2n) is 4.79. The smallest absolute Gasteiger partial charge is 0.363 e. The maximum absolute atomic E-state index is 12.0. The predicted octanol–water partition coefficient (Wildman–Crippen LogP) is 4.25. The van der Waals surface area contributed by atoms with Gasteiger partial charge in [-0.2, -0.15) is 0 Å². The highest BCUT2D eigenvalue weighted by Crippen LogP contribution is 2.29. The van der Waals surface area contributed by atoms with Crippen molar-refractivity contribution in [3.8, 4) is 0 Å². The Morgan fingerprint density at radius 3 is 2.67 bits per heavy atom. The van der Waals surface area contributed by atoms with Crippen LogP contribution in [0.3, 0.4) is 0 Å². The Balaban J connectivity index is 1.99. The van der Waals surface area contributed by atoms with Crippen LogP contribution in [0.1, 0.15) is 11.1 Å². The molecule has 2 aromatic rings. The molecule has 1 heterocycles. The first-order valence-electron chi connectivity index (χ1n) is 6.67. The van der Waals surface area contributed by atoms with Gasteiger partial charge in [0.2, 0.25) is 5.90 Å². The van der Waals surface area contributed by atoms with Gasteiger partial charge in [0.1, 0.15) is 0 Å².